The van der Waals surface area contributed by atoms with Gasteiger partial charge in [0, 0.05) is 110 Å². The van der Waals surface area contributed by atoms with E-state index in [0.717, 1.165) is 96.9 Å². The molecule has 42 heteroatoms. The van der Waals surface area contributed by atoms with Crippen molar-refractivity contribution in [2.24, 2.45) is 0 Å². The Balaban J connectivity index is 1.72. The molecule has 0 bridgehead atoms. The van der Waals surface area contributed by atoms with Crippen molar-refractivity contribution in [3.63, 3.8) is 0 Å². The zero-order valence-electron chi connectivity index (χ0n) is 67.2. The van der Waals surface area contributed by atoms with Crippen LogP contribution in [0.5, 0.6) is 0 Å². The first-order valence-electron chi connectivity index (χ1n) is 37.1. The molecule has 5 saturated heterocycles. The van der Waals surface area contributed by atoms with E-state index in [-0.39, 0.29) is 39.1 Å². The number of unbranched alkanes of at least 4 members (excludes halogenated alkanes) is 2. The van der Waals surface area contributed by atoms with Gasteiger partial charge in [-0.3, -0.25) is 71.9 Å². The first-order chi connectivity index (χ1) is 55.4. The minimum atomic E-state index is -2.52. The van der Waals surface area contributed by atoms with Gasteiger partial charge in [-0.05, 0) is 18.4 Å². The van der Waals surface area contributed by atoms with Crippen LogP contribution in [0.4, 0.5) is 0 Å². The Morgan fingerprint density at radius 2 is 0.581 bits per heavy atom. The Hall–Kier alpha value is -9.47. The van der Waals surface area contributed by atoms with Crippen molar-refractivity contribution in [1.82, 2.24) is 0 Å². The van der Waals surface area contributed by atoms with Gasteiger partial charge in [0.05, 0.1) is 20.3 Å². The summed E-state index contributed by atoms with van der Waals surface area (Å²) in [6.07, 6.45) is -48.6. The van der Waals surface area contributed by atoms with Crippen molar-refractivity contribution in [2.75, 3.05) is 53.4 Å². The number of carbonyl (C=O) groups excluding carboxylic acids is 15. The standard InChI is InChI=1S/C75H102O42/c1-17-27-92-66-61(99-29-49-24-20-18-21-25-49)56(100-40(7)81)50(30-94-35(2)76)110-72(66)115-68-63(106-46(13)87)58(102-42(9)83)53(33-97-38(5)79)112-74(68)117-70-65(108-48(15)89)60(104-44(11)85)54(34-98-39(6)80)113-75(70)116-69-64(107-47(14)88)59(103-43(10)84)52(32-96-37(4)78)111-73(69)114-67-62(105-45(12)86)57(101-41(8)82)51(31-95-36(3)77)109-71(67)93-28-23-19-22-26-55(90)91-16/h17-18,20-21,24-25,50-54,56-75H,1,19,22-23,26-34H2,2-16H3/t50-,51-,52-,53-,54-,56-,57-,58-,59-,60-,61+,62+,63+,64+,65+,66-,67-,68-,69-,70-,71+,72-,73-,74-,75-/m1/s1. The summed E-state index contributed by atoms with van der Waals surface area (Å²) in [5.41, 5.74) is 0.550. The second-order valence-electron chi connectivity index (χ2n) is 26.9. The summed E-state index contributed by atoms with van der Waals surface area (Å²) in [6, 6.07) is 8.49. The number of benzene rings is 1. The smallest absolute Gasteiger partial charge is 0.305 e. The molecule has 117 heavy (non-hydrogen) atoms. The quantitative estimate of drug-likeness (QED) is 0.0386. The van der Waals surface area contributed by atoms with E-state index in [4.69, 9.17) is 128 Å². The summed E-state index contributed by atoms with van der Waals surface area (Å²) in [6.45, 7) is 12.0. The molecule has 1 aromatic carbocycles. The topological polar surface area (TPSA) is 505 Å². The van der Waals surface area contributed by atoms with Crippen LogP contribution >= 0.6 is 0 Å². The molecule has 654 valence electrons. The highest BCUT2D eigenvalue weighted by atomic mass is 16.8. The number of rotatable bonds is 40. The van der Waals surface area contributed by atoms with E-state index in [1.165, 1.54) is 13.2 Å². The average Bonchev–Trinajstić information content (AvgIpc) is 0.754. The first kappa shape index (κ1) is 96.4. The van der Waals surface area contributed by atoms with E-state index >= 15 is 0 Å². The molecule has 5 fully saturated rings. The number of hydrogen-bond acceptors (Lipinski definition) is 42. The molecule has 5 aliphatic rings. The van der Waals surface area contributed by atoms with Gasteiger partial charge in [-0.2, -0.15) is 0 Å². The highest BCUT2D eigenvalue weighted by Gasteiger charge is 2.63. The van der Waals surface area contributed by atoms with Gasteiger partial charge < -0.3 is 128 Å². The number of methoxy groups -OCH3 is 1. The Bertz CT molecular complexity index is 3550. The first-order valence-corrected chi connectivity index (χ1v) is 37.1. The molecule has 5 heterocycles. The maximum absolute atomic E-state index is 14.0. The lowest BCUT2D eigenvalue weighted by Crippen LogP contribution is -2.70. The van der Waals surface area contributed by atoms with Gasteiger partial charge in [0.2, 0.25) is 0 Å². The number of carbonyl (C=O) groups is 15. The van der Waals surface area contributed by atoms with E-state index in [0.29, 0.717) is 12.0 Å². The molecular formula is C75H102O42. The molecule has 0 amide bonds. The van der Waals surface area contributed by atoms with Gasteiger partial charge in [-0.25, -0.2) is 0 Å². The lowest BCUT2D eigenvalue weighted by molar-refractivity contribution is -0.414. The summed E-state index contributed by atoms with van der Waals surface area (Å²) in [5, 5.41) is 0. The fourth-order valence-electron chi connectivity index (χ4n) is 13.0. The molecule has 1 aromatic rings. The van der Waals surface area contributed by atoms with Crippen molar-refractivity contribution in [3.05, 3.63) is 48.6 Å². The SMILES string of the molecule is C=CCO[C@H]1[C@@H](O[C@H]2[C@@H](O[C@H]3[C@@H](O[C@H]4[C@@H](O[C@H]5[C@@H](OCCCCCC(=O)OC)O[C@H](COC(C)=O)[C@@H](OC(C)=O)[C@@H]5OC(C)=O)O[C@H](COC(C)=O)[C@@H](OC(C)=O)[C@@H]4OC(C)=O)O[C@H](COC(C)=O)[C@@H](OC(C)=O)[C@@H]3OC(C)=O)O[C@H](COC(C)=O)[C@@H](OC(C)=O)[C@@H]2OC(C)=O)O[C@H](COC(C)=O)[C@@H](OC(C)=O)[C@@H]1OCc1ccccc1. The van der Waals surface area contributed by atoms with Crippen LogP contribution in [0.25, 0.3) is 0 Å². The molecule has 25 atom stereocenters. The molecule has 42 nitrogen and oxygen atoms in total. The van der Waals surface area contributed by atoms with Crippen LogP contribution < -0.4 is 0 Å². The Kier molecular flexibility index (Phi) is 38.9. The molecule has 6 rings (SSSR count). The van der Waals surface area contributed by atoms with E-state index in [2.05, 4.69) is 6.58 Å². The maximum atomic E-state index is 14.0. The minimum Gasteiger partial charge on any atom is -0.469 e. The molecule has 0 aliphatic carbocycles. The highest BCUT2D eigenvalue weighted by Crippen LogP contribution is 2.42. The van der Waals surface area contributed by atoms with Gasteiger partial charge >= 0.3 is 89.5 Å². The summed E-state index contributed by atoms with van der Waals surface area (Å²) < 4.78 is 166. The van der Waals surface area contributed by atoms with Gasteiger partial charge in [0.15, 0.2) is 111 Å². The van der Waals surface area contributed by atoms with Crippen LogP contribution in [0.15, 0.2) is 43.0 Å². The molecule has 0 spiro atoms. The average molecular weight is 1680 g/mol. The highest BCUT2D eigenvalue weighted by molar-refractivity contribution is 5.72. The largest absolute Gasteiger partial charge is 0.469 e. The molecule has 0 saturated carbocycles. The molecule has 0 N–H and O–H groups in total. The lowest BCUT2D eigenvalue weighted by Gasteiger charge is -2.52. The van der Waals surface area contributed by atoms with Crippen LogP contribution in [0, 0.1) is 0 Å². The van der Waals surface area contributed by atoms with E-state index in [1.54, 1.807) is 30.3 Å². The Labute approximate surface area is 671 Å². The molecule has 0 aromatic heterocycles. The van der Waals surface area contributed by atoms with E-state index < -0.39 is 276 Å². The summed E-state index contributed by atoms with van der Waals surface area (Å²) >= 11 is 0. The maximum Gasteiger partial charge on any atom is 0.305 e. The molecule has 0 radical (unpaired) electrons. The summed E-state index contributed by atoms with van der Waals surface area (Å²) in [5.74, 6) is -15.2. The van der Waals surface area contributed by atoms with Crippen molar-refractivity contribution >= 4 is 89.5 Å². The molecule has 5 aliphatic heterocycles. The minimum absolute atomic E-state index is 0.00983. The third-order valence-corrected chi connectivity index (χ3v) is 17.3. The normalized spacial score (nSPS) is 30.6. The number of esters is 15. The third-order valence-electron chi connectivity index (χ3n) is 17.3. The van der Waals surface area contributed by atoms with Gasteiger partial charge in [-0.1, -0.05) is 42.8 Å². The van der Waals surface area contributed by atoms with Crippen molar-refractivity contribution in [2.45, 2.75) is 283 Å². The van der Waals surface area contributed by atoms with Crippen molar-refractivity contribution in [3.8, 4) is 0 Å². The van der Waals surface area contributed by atoms with Crippen LogP contribution in [-0.4, -0.2) is 296 Å². The summed E-state index contributed by atoms with van der Waals surface area (Å²) in [4.78, 5) is 198. The predicted molar refractivity (Wildman–Crippen MR) is 377 cm³/mol. The number of hydrogen-bond donors (Lipinski definition) is 0. The fraction of sp³-hybridized carbons (Fsp3) is 0.693. The second kappa shape index (κ2) is 47.2. The zero-order chi connectivity index (χ0) is 86.5. The van der Waals surface area contributed by atoms with Crippen LogP contribution in [0.3, 0.4) is 0 Å². The van der Waals surface area contributed by atoms with Gasteiger partial charge in [-0.15, -0.1) is 6.58 Å². The van der Waals surface area contributed by atoms with Crippen LogP contribution in [0.1, 0.15) is 128 Å². The molecular weight excluding hydrogens is 1570 g/mol. The second-order valence-corrected chi connectivity index (χ2v) is 26.9. The fourth-order valence-corrected chi connectivity index (χ4v) is 13.0. The molecule has 0 unspecified atom stereocenters. The predicted octanol–water partition coefficient (Wildman–Crippen LogP) is 1.26. The van der Waals surface area contributed by atoms with Gasteiger partial charge in [0.25, 0.3) is 0 Å². The van der Waals surface area contributed by atoms with Crippen molar-refractivity contribution < 1.29 is 200 Å². The van der Waals surface area contributed by atoms with Gasteiger partial charge in [0.1, 0.15) is 75.8 Å². The Morgan fingerprint density at radius 3 is 0.863 bits per heavy atom. The monoisotopic (exact) mass is 1670 g/mol. The van der Waals surface area contributed by atoms with E-state index in [1.807, 2.05) is 0 Å². The number of ether oxygens (including phenoxy) is 27. The summed E-state index contributed by atoms with van der Waals surface area (Å²) in [7, 11) is 1.20. The van der Waals surface area contributed by atoms with Crippen LogP contribution in [-0.2, 0) is 206 Å². The lowest BCUT2D eigenvalue weighted by atomic mass is 9.94. The van der Waals surface area contributed by atoms with E-state index in [9.17, 15) is 71.9 Å². The third kappa shape index (κ3) is 30.4. The van der Waals surface area contributed by atoms with Crippen molar-refractivity contribution in [1.29, 1.82) is 0 Å². The van der Waals surface area contributed by atoms with Crippen LogP contribution in [0.2, 0.25) is 0 Å². The zero-order valence-corrected chi connectivity index (χ0v) is 67.2. The Morgan fingerprint density at radius 1 is 0.308 bits per heavy atom.